The van der Waals surface area contributed by atoms with Crippen LogP contribution >= 0.6 is 0 Å². The van der Waals surface area contributed by atoms with Gasteiger partial charge in [0.1, 0.15) is 0 Å². The Labute approximate surface area is 116 Å². The highest BCUT2D eigenvalue weighted by Crippen LogP contribution is 2.13. The second-order valence-electron chi connectivity index (χ2n) is 6.42. The van der Waals surface area contributed by atoms with Crippen molar-refractivity contribution in [2.75, 3.05) is 39.8 Å². The molecule has 2 heterocycles. The van der Waals surface area contributed by atoms with Crippen LogP contribution < -0.4 is 10.6 Å². The summed E-state index contributed by atoms with van der Waals surface area (Å²) in [6, 6.07) is 0.986. The van der Waals surface area contributed by atoms with Crippen molar-refractivity contribution in [1.29, 1.82) is 0 Å². The van der Waals surface area contributed by atoms with E-state index in [9.17, 15) is 4.79 Å². The lowest BCUT2D eigenvalue weighted by Gasteiger charge is -2.31. The first-order valence-corrected chi connectivity index (χ1v) is 7.52. The molecule has 5 nitrogen and oxygen atoms in total. The molecule has 2 atom stereocenters. The topological polar surface area (TPSA) is 47.6 Å². The molecule has 2 fully saturated rings. The van der Waals surface area contributed by atoms with Crippen LogP contribution in [0, 0.1) is 5.92 Å². The third kappa shape index (κ3) is 4.35. The molecule has 0 bridgehead atoms. The van der Waals surface area contributed by atoms with Gasteiger partial charge < -0.3 is 20.4 Å². The Balaban J connectivity index is 1.72. The first kappa shape index (κ1) is 14.6. The molecule has 0 saturated carbocycles. The lowest BCUT2D eigenvalue weighted by molar-refractivity contribution is 0.200. The Bertz CT molecular complexity index is 308. The van der Waals surface area contributed by atoms with Crippen LogP contribution in [0.5, 0.6) is 0 Å². The summed E-state index contributed by atoms with van der Waals surface area (Å²) in [4.78, 5) is 16.2. The molecule has 5 heteroatoms. The zero-order chi connectivity index (χ0) is 13.8. The van der Waals surface area contributed by atoms with Gasteiger partial charge in [-0.1, -0.05) is 13.8 Å². The summed E-state index contributed by atoms with van der Waals surface area (Å²) >= 11 is 0. The Morgan fingerprint density at radius 3 is 2.79 bits per heavy atom. The predicted molar refractivity (Wildman–Crippen MR) is 77.3 cm³/mol. The molecule has 0 aromatic rings. The summed E-state index contributed by atoms with van der Waals surface area (Å²) in [6.07, 6.45) is 2.12. The van der Waals surface area contributed by atoms with E-state index in [0.29, 0.717) is 18.0 Å². The van der Waals surface area contributed by atoms with E-state index in [1.54, 1.807) is 0 Å². The minimum absolute atomic E-state index is 0.120. The van der Waals surface area contributed by atoms with Gasteiger partial charge in [-0.25, -0.2) is 4.79 Å². The summed E-state index contributed by atoms with van der Waals surface area (Å²) in [7, 11) is 2.16. The van der Waals surface area contributed by atoms with Crippen molar-refractivity contribution in [3.05, 3.63) is 0 Å². The maximum Gasteiger partial charge on any atom is 0.317 e. The zero-order valence-corrected chi connectivity index (χ0v) is 12.5. The average Bonchev–Trinajstić information content (AvgIpc) is 2.66. The highest BCUT2D eigenvalue weighted by atomic mass is 16.2. The molecule has 19 heavy (non-hydrogen) atoms. The number of carbonyl (C=O) groups excluding carboxylic acids is 1. The fourth-order valence-corrected chi connectivity index (χ4v) is 3.05. The van der Waals surface area contributed by atoms with E-state index >= 15 is 0 Å². The molecule has 2 aliphatic heterocycles. The summed E-state index contributed by atoms with van der Waals surface area (Å²) in [5.41, 5.74) is 0. The van der Waals surface area contributed by atoms with Crippen LogP contribution in [0.2, 0.25) is 0 Å². The van der Waals surface area contributed by atoms with Crippen molar-refractivity contribution < 1.29 is 4.79 Å². The Morgan fingerprint density at radius 1 is 1.32 bits per heavy atom. The lowest BCUT2D eigenvalue weighted by Crippen LogP contribution is -2.50. The number of piperazine rings is 1. The fourth-order valence-electron chi connectivity index (χ4n) is 3.05. The molecule has 0 aliphatic carbocycles. The van der Waals surface area contributed by atoms with Crippen LogP contribution in [-0.4, -0.2) is 67.7 Å². The maximum absolute atomic E-state index is 11.9. The largest absolute Gasteiger partial charge is 0.333 e. The molecular formula is C14H28N4O. The summed E-state index contributed by atoms with van der Waals surface area (Å²) in [5.74, 6) is 0.638. The number of nitrogens with zero attached hydrogens (tertiary/aromatic N) is 2. The summed E-state index contributed by atoms with van der Waals surface area (Å²) in [6.45, 7) is 9.42. The van der Waals surface area contributed by atoms with Gasteiger partial charge in [-0.2, -0.15) is 0 Å². The molecule has 2 amide bonds. The third-order valence-electron chi connectivity index (χ3n) is 4.02. The predicted octanol–water partition coefficient (Wildman–Crippen LogP) is 0.720. The molecule has 2 N–H and O–H groups in total. The van der Waals surface area contributed by atoms with Crippen LogP contribution in [0.25, 0.3) is 0 Å². The summed E-state index contributed by atoms with van der Waals surface area (Å²) in [5, 5.41) is 6.62. The quantitative estimate of drug-likeness (QED) is 0.772. The second kappa shape index (κ2) is 6.57. The Hall–Kier alpha value is -0.810. The fraction of sp³-hybridized carbons (Fsp3) is 0.929. The number of amides is 2. The molecule has 2 aliphatic rings. The van der Waals surface area contributed by atoms with Gasteiger partial charge in [0.25, 0.3) is 0 Å². The minimum Gasteiger partial charge on any atom is -0.333 e. The minimum atomic E-state index is 0.120. The van der Waals surface area contributed by atoms with Crippen molar-refractivity contribution in [1.82, 2.24) is 20.4 Å². The third-order valence-corrected chi connectivity index (χ3v) is 4.02. The molecule has 2 rings (SSSR count). The van der Waals surface area contributed by atoms with E-state index in [1.165, 1.54) is 0 Å². The van der Waals surface area contributed by atoms with Gasteiger partial charge in [0.15, 0.2) is 0 Å². The van der Waals surface area contributed by atoms with Gasteiger partial charge in [-0.05, 0) is 25.8 Å². The molecule has 110 valence electrons. The second-order valence-corrected chi connectivity index (χ2v) is 6.42. The van der Waals surface area contributed by atoms with Crippen molar-refractivity contribution in [3.63, 3.8) is 0 Å². The molecular weight excluding hydrogens is 240 g/mol. The number of urea groups is 1. The first-order chi connectivity index (χ1) is 9.04. The van der Waals surface area contributed by atoms with E-state index in [2.05, 4.69) is 36.4 Å². The highest BCUT2D eigenvalue weighted by Gasteiger charge is 2.29. The number of likely N-dealkylation sites (N-methyl/N-ethyl adjacent to an activating group) is 1. The van der Waals surface area contributed by atoms with E-state index in [1.807, 2.05) is 4.90 Å². The number of hydrogen-bond donors (Lipinski definition) is 2. The van der Waals surface area contributed by atoms with E-state index < -0.39 is 0 Å². The lowest BCUT2D eigenvalue weighted by atomic mass is 10.0. The molecule has 0 spiro atoms. The number of hydrogen-bond acceptors (Lipinski definition) is 3. The standard InChI is InChI=1S/C14H28N4O/c1-11(2)8-13-10-18(14(19)16-13)6-4-12-9-17(3)7-5-15-12/h11-13,15H,4-10H2,1-3H3,(H,16,19). The zero-order valence-electron chi connectivity index (χ0n) is 12.5. The van der Waals surface area contributed by atoms with E-state index in [-0.39, 0.29) is 6.03 Å². The van der Waals surface area contributed by atoms with Gasteiger partial charge in [0.2, 0.25) is 0 Å². The van der Waals surface area contributed by atoms with Crippen molar-refractivity contribution in [2.45, 2.75) is 38.8 Å². The van der Waals surface area contributed by atoms with Crippen LogP contribution in [0.4, 0.5) is 4.79 Å². The first-order valence-electron chi connectivity index (χ1n) is 7.52. The number of rotatable bonds is 5. The van der Waals surface area contributed by atoms with Crippen LogP contribution in [0.15, 0.2) is 0 Å². The molecule has 0 radical (unpaired) electrons. The van der Waals surface area contributed by atoms with Gasteiger partial charge in [0, 0.05) is 44.8 Å². The van der Waals surface area contributed by atoms with Crippen molar-refractivity contribution in [2.24, 2.45) is 5.92 Å². The monoisotopic (exact) mass is 268 g/mol. The van der Waals surface area contributed by atoms with Gasteiger partial charge >= 0.3 is 6.03 Å². The maximum atomic E-state index is 11.9. The number of nitrogens with one attached hydrogen (secondary N) is 2. The number of carbonyl (C=O) groups is 1. The smallest absolute Gasteiger partial charge is 0.317 e. The van der Waals surface area contributed by atoms with Gasteiger partial charge in [-0.3, -0.25) is 0 Å². The molecule has 2 unspecified atom stereocenters. The van der Waals surface area contributed by atoms with Crippen LogP contribution in [-0.2, 0) is 0 Å². The Kier molecular flexibility index (Phi) is 5.05. The van der Waals surface area contributed by atoms with E-state index in [4.69, 9.17) is 0 Å². The Morgan fingerprint density at radius 2 is 2.11 bits per heavy atom. The highest BCUT2D eigenvalue weighted by molar-refractivity contribution is 5.76. The summed E-state index contributed by atoms with van der Waals surface area (Å²) < 4.78 is 0. The van der Waals surface area contributed by atoms with Crippen LogP contribution in [0.1, 0.15) is 26.7 Å². The molecule has 2 saturated heterocycles. The van der Waals surface area contributed by atoms with Gasteiger partial charge in [0.05, 0.1) is 0 Å². The molecule has 0 aromatic heterocycles. The SMILES string of the molecule is CC(C)CC1CN(CCC2CN(C)CCN2)C(=O)N1. The normalized spacial score (nSPS) is 29.1. The van der Waals surface area contributed by atoms with Crippen molar-refractivity contribution >= 4 is 6.03 Å². The van der Waals surface area contributed by atoms with E-state index in [0.717, 1.165) is 45.6 Å². The van der Waals surface area contributed by atoms with Crippen LogP contribution in [0.3, 0.4) is 0 Å². The van der Waals surface area contributed by atoms with Crippen molar-refractivity contribution in [3.8, 4) is 0 Å². The van der Waals surface area contributed by atoms with Gasteiger partial charge in [-0.15, -0.1) is 0 Å². The average molecular weight is 268 g/mol. The molecule has 0 aromatic carbocycles.